The molecular weight excluding hydrogens is 516 g/mol. The summed E-state index contributed by atoms with van der Waals surface area (Å²) in [5.41, 5.74) is 3.39. The number of rotatable bonds is 10. The van der Waals surface area contributed by atoms with Crippen LogP contribution < -0.4 is 15.0 Å². The average Bonchev–Trinajstić information content (AvgIpc) is 3.02. The Balaban J connectivity index is 1.54. The number of benzene rings is 3. The molecule has 0 aromatic heterocycles. The summed E-state index contributed by atoms with van der Waals surface area (Å²) < 4.78 is 5.24. The first-order valence-corrected chi connectivity index (χ1v) is 14.4. The van der Waals surface area contributed by atoms with Gasteiger partial charge in [-0.05, 0) is 62.2 Å². The summed E-state index contributed by atoms with van der Waals surface area (Å²) in [5, 5.41) is 2.93. The van der Waals surface area contributed by atoms with E-state index in [2.05, 4.69) is 10.2 Å². The third kappa shape index (κ3) is 6.88. The monoisotopic (exact) mass is 556 g/mol. The third-order valence-corrected chi connectivity index (χ3v) is 7.71. The van der Waals surface area contributed by atoms with Crippen LogP contribution in [0.2, 0.25) is 0 Å². The molecule has 0 unspecified atom stereocenters. The number of carbonyl (C=O) groups excluding carboxylic acids is 3. The van der Waals surface area contributed by atoms with Crippen molar-refractivity contribution in [2.75, 3.05) is 56.6 Å². The summed E-state index contributed by atoms with van der Waals surface area (Å²) in [6.07, 6.45) is 0.745. The van der Waals surface area contributed by atoms with E-state index < -0.39 is 0 Å². The van der Waals surface area contributed by atoms with Crippen LogP contribution in [0.1, 0.15) is 59.4 Å². The maximum absolute atomic E-state index is 13.6. The lowest BCUT2D eigenvalue weighted by atomic mass is 9.94. The molecule has 1 aliphatic rings. The van der Waals surface area contributed by atoms with Crippen molar-refractivity contribution in [1.82, 2.24) is 9.80 Å². The van der Waals surface area contributed by atoms with Gasteiger partial charge in [-0.2, -0.15) is 0 Å². The number of hydrogen-bond donors (Lipinski definition) is 1. The Bertz CT molecular complexity index is 1350. The quantitative estimate of drug-likeness (QED) is 0.368. The lowest BCUT2D eigenvalue weighted by Gasteiger charge is -2.38. The first-order chi connectivity index (χ1) is 19.9. The summed E-state index contributed by atoms with van der Waals surface area (Å²) in [5.74, 6) is 0.213. The number of hydrogen-bond acceptors (Lipinski definition) is 5. The van der Waals surface area contributed by atoms with E-state index in [-0.39, 0.29) is 23.6 Å². The Labute approximate surface area is 242 Å². The van der Waals surface area contributed by atoms with Gasteiger partial charge in [0.2, 0.25) is 5.91 Å². The average molecular weight is 557 g/mol. The molecule has 1 aliphatic heterocycles. The molecule has 216 valence electrons. The lowest BCUT2D eigenvalue weighted by molar-refractivity contribution is -0.133. The van der Waals surface area contributed by atoms with E-state index in [1.165, 1.54) is 0 Å². The van der Waals surface area contributed by atoms with E-state index >= 15 is 0 Å². The van der Waals surface area contributed by atoms with Gasteiger partial charge in [-0.3, -0.25) is 14.4 Å². The van der Waals surface area contributed by atoms with E-state index in [0.29, 0.717) is 61.8 Å². The number of anilines is 2. The molecular formula is C33H40N4O4. The van der Waals surface area contributed by atoms with E-state index in [1.807, 2.05) is 68.1 Å². The van der Waals surface area contributed by atoms with Crippen molar-refractivity contribution in [3.63, 3.8) is 0 Å². The highest BCUT2D eigenvalue weighted by atomic mass is 16.5. The largest absolute Gasteiger partial charge is 0.497 e. The Kier molecular flexibility index (Phi) is 10.0. The van der Waals surface area contributed by atoms with Gasteiger partial charge in [0, 0.05) is 56.2 Å². The molecule has 3 aromatic carbocycles. The SMILES string of the molecule is CC[C@H](C(=O)N1CCN(c2ccc(NC(=O)c3cccc(OC)c3)cc2C(=O)N(CC)CC)CC1)c1ccccc1. The van der Waals surface area contributed by atoms with Crippen LogP contribution >= 0.6 is 0 Å². The van der Waals surface area contributed by atoms with Gasteiger partial charge < -0.3 is 24.8 Å². The minimum atomic E-state index is -0.283. The van der Waals surface area contributed by atoms with E-state index in [0.717, 1.165) is 17.7 Å². The number of ether oxygens (including phenoxy) is 1. The highest BCUT2D eigenvalue weighted by molar-refractivity contribution is 6.06. The van der Waals surface area contributed by atoms with Crippen LogP contribution in [0.15, 0.2) is 72.8 Å². The normalized spacial score (nSPS) is 13.9. The minimum absolute atomic E-state index is 0.0869. The van der Waals surface area contributed by atoms with Gasteiger partial charge in [-0.15, -0.1) is 0 Å². The van der Waals surface area contributed by atoms with Gasteiger partial charge in [-0.1, -0.05) is 43.3 Å². The molecule has 4 rings (SSSR count). The van der Waals surface area contributed by atoms with Crippen molar-refractivity contribution in [3.05, 3.63) is 89.5 Å². The lowest BCUT2D eigenvalue weighted by Crippen LogP contribution is -2.50. The minimum Gasteiger partial charge on any atom is -0.497 e. The molecule has 0 spiro atoms. The van der Waals surface area contributed by atoms with Crippen molar-refractivity contribution in [3.8, 4) is 5.75 Å². The van der Waals surface area contributed by atoms with Crippen LogP contribution in [0.3, 0.4) is 0 Å². The number of nitrogens with zero attached hydrogens (tertiary/aromatic N) is 3. The molecule has 1 fully saturated rings. The molecule has 0 saturated carbocycles. The summed E-state index contributed by atoms with van der Waals surface area (Å²) >= 11 is 0. The van der Waals surface area contributed by atoms with Crippen molar-refractivity contribution < 1.29 is 19.1 Å². The fourth-order valence-electron chi connectivity index (χ4n) is 5.34. The molecule has 1 N–H and O–H groups in total. The van der Waals surface area contributed by atoms with E-state index in [9.17, 15) is 14.4 Å². The Hall–Kier alpha value is -4.33. The fraction of sp³-hybridized carbons (Fsp3) is 0.364. The maximum Gasteiger partial charge on any atom is 0.256 e. The molecule has 41 heavy (non-hydrogen) atoms. The highest BCUT2D eigenvalue weighted by Gasteiger charge is 2.29. The van der Waals surface area contributed by atoms with Crippen molar-refractivity contribution in [1.29, 1.82) is 0 Å². The van der Waals surface area contributed by atoms with Gasteiger partial charge >= 0.3 is 0 Å². The summed E-state index contributed by atoms with van der Waals surface area (Å²) in [6, 6.07) is 22.4. The maximum atomic E-state index is 13.6. The first kappa shape index (κ1) is 29.6. The molecule has 1 heterocycles. The number of carbonyl (C=O) groups is 3. The third-order valence-electron chi connectivity index (χ3n) is 7.71. The fourth-order valence-corrected chi connectivity index (χ4v) is 5.34. The van der Waals surface area contributed by atoms with Crippen molar-refractivity contribution in [2.24, 2.45) is 0 Å². The molecule has 3 amide bonds. The number of piperazine rings is 1. The molecule has 1 saturated heterocycles. The predicted molar refractivity (Wildman–Crippen MR) is 163 cm³/mol. The Morgan fingerprint density at radius 1 is 0.878 bits per heavy atom. The van der Waals surface area contributed by atoms with E-state index in [4.69, 9.17) is 4.74 Å². The molecule has 1 atom stereocenters. The zero-order valence-electron chi connectivity index (χ0n) is 24.4. The van der Waals surface area contributed by atoms with Crippen molar-refractivity contribution >= 4 is 29.1 Å². The zero-order chi connectivity index (χ0) is 29.4. The highest BCUT2D eigenvalue weighted by Crippen LogP contribution is 2.29. The Morgan fingerprint density at radius 3 is 2.22 bits per heavy atom. The van der Waals surface area contributed by atoms with Crippen LogP contribution in [-0.2, 0) is 4.79 Å². The van der Waals surface area contributed by atoms with Gasteiger partial charge in [0.15, 0.2) is 0 Å². The Morgan fingerprint density at radius 2 is 1.59 bits per heavy atom. The van der Waals surface area contributed by atoms with E-state index in [1.54, 1.807) is 42.3 Å². The van der Waals surface area contributed by atoms with Gasteiger partial charge in [-0.25, -0.2) is 0 Å². The van der Waals surface area contributed by atoms with Crippen LogP contribution in [0.4, 0.5) is 11.4 Å². The topological polar surface area (TPSA) is 82.2 Å². The number of methoxy groups -OCH3 is 1. The molecule has 0 aliphatic carbocycles. The molecule has 8 nitrogen and oxygen atoms in total. The standard InChI is InChI=1S/C33H40N4O4/c1-5-28(24-12-9-8-10-13-24)32(39)37-20-18-36(19-21-37)30-17-16-26(23-29(30)33(40)35(6-2)7-3)34-31(38)25-14-11-15-27(22-25)41-4/h8-17,22-23,28H,5-7,18-21H2,1-4H3,(H,34,38)/t28-/m0/s1. The van der Waals surface area contributed by atoms with Crippen LogP contribution in [-0.4, -0.2) is 73.9 Å². The first-order valence-electron chi connectivity index (χ1n) is 14.4. The zero-order valence-corrected chi connectivity index (χ0v) is 24.4. The van der Waals surface area contributed by atoms with Crippen molar-refractivity contribution in [2.45, 2.75) is 33.1 Å². The molecule has 0 radical (unpaired) electrons. The number of amides is 3. The molecule has 3 aromatic rings. The summed E-state index contributed by atoms with van der Waals surface area (Å²) in [7, 11) is 1.56. The smallest absolute Gasteiger partial charge is 0.256 e. The second kappa shape index (κ2) is 13.8. The van der Waals surface area contributed by atoms with Crippen LogP contribution in [0.5, 0.6) is 5.75 Å². The van der Waals surface area contributed by atoms with Gasteiger partial charge in [0.25, 0.3) is 11.8 Å². The predicted octanol–water partition coefficient (Wildman–Crippen LogP) is 5.27. The van der Waals surface area contributed by atoms with Gasteiger partial charge in [0.1, 0.15) is 5.75 Å². The molecule has 0 bridgehead atoms. The second-order valence-electron chi connectivity index (χ2n) is 10.1. The van der Waals surface area contributed by atoms with Crippen LogP contribution in [0, 0.1) is 0 Å². The van der Waals surface area contributed by atoms with Gasteiger partial charge in [0.05, 0.1) is 18.6 Å². The number of nitrogens with one attached hydrogen (secondary N) is 1. The molecule has 8 heteroatoms. The summed E-state index contributed by atoms with van der Waals surface area (Å²) in [4.78, 5) is 45.9. The van der Waals surface area contributed by atoms with Crippen LogP contribution in [0.25, 0.3) is 0 Å². The summed E-state index contributed by atoms with van der Waals surface area (Å²) in [6.45, 7) is 9.50. The second-order valence-corrected chi connectivity index (χ2v) is 10.1.